The summed E-state index contributed by atoms with van der Waals surface area (Å²) in [5.74, 6) is 1.64. The lowest BCUT2D eigenvalue weighted by molar-refractivity contribution is 0.123. The molecule has 1 saturated carbocycles. The van der Waals surface area contributed by atoms with Crippen LogP contribution in [0.5, 0.6) is 0 Å². The quantitative estimate of drug-likeness (QED) is 0.236. The topological polar surface area (TPSA) is 63.5 Å². The van der Waals surface area contributed by atoms with Crippen LogP contribution in [0.1, 0.15) is 30.4 Å². The monoisotopic (exact) mass is 483 g/mol. The molecule has 1 heterocycles. The molecular weight excluding hydrogens is 453 g/mol. The first-order valence-electron chi connectivity index (χ1n) is 9.41. The second kappa shape index (κ2) is 12.0. The van der Waals surface area contributed by atoms with Gasteiger partial charge in [-0.15, -0.1) is 24.0 Å². The molecule has 0 atom stereocenters. The van der Waals surface area contributed by atoms with Crippen molar-refractivity contribution in [3.8, 4) is 0 Å². The third-order valence-electron chi connectivity index (χ3n) is 4.37. The first kappa shape index (κ1) is 21.7. The summed E-state index contributed by atoms with van der Waals surface area (Å²) in [7, 11) is 1.79. The molecule has 0 aliphatic heterocycles. The van der Waals surface area contributed by atoms with Crippen LogP contribution in [0.15, 0.2) is 47.7 Å². The Balaban J connectivity index is 0.00000261. The number of halogens is 1. The molecule has 0 unspecified atom stereocenters. The summed E-state index contributed by atoms with van der Waals surface area (Å²) in [6.07, 6.45) is 7.64. The molecule has 7 heteroatoms. The normalized spacial score (nSPS) is 13.9. The van der Waals surface area contributed by atoms with Crippen molar-refractivity contribution < 1.29 is 4.74 Å². The van der Waals surface area contributed by atoms with Crippen molar-refractivity contribution in [3.05, 3.63) is 53.9 Å². The minimum atomic E-state index is 0. The number of hydrogen-bond acceptors (Lipinski definition) is 3. The first-order chi connectivity index (χ1) is 12.8. The van der Waals surface area contributed by atoms with Crippen LogP contribution in [0.2, 0.25) is 0 Å². The second-order valence-electron chi connectivity index (χ2n) is 6.76. The van der Waals surface area contributed by atoms with E-state index in [1.807, 2.05) is 29.1 Å². The van der Waals surface area contributed by atoms with Crippen LogP contribution in [0.25, 0.3) is 0 Å². The molecule has 2 N–H and O–H groups in total. The van der Waals surface area contributed by atoms with Gasteiger partial charge in [-0.25, -0.2) is 0 Å². The van der Waals surface area contributed by atoms with Gasteiger partial charge >= 0.3 is 0 Å². The Hall–Kier alpha value is -1.61. The molecule has 1 aromatic heterocycles. The maximum absolute atomic E-state index is 5.64. The van der Waals surface area contributed by atoms with Crippen molar-refractivity contribution in [3.63, 3.8) is 0 Å². The molecule has 27 heavy (non-hydrogen) atoms. The summed E-state index contributed by atoms with van der Waals surface area (Å²) in [5, 5.41) is 11.1. The highest BCUT2D eigenvalue weighted by molar-refractivity contribution is 14.0. The fraction of sp³-hybridized carbons (Fsp3) is 0.500. The van der Waals surface area contributed by atoms with E-state index in [1.165, 1.54) is 18.4 Å². The third-order valence-corrected chi connectivity index (χ3v) is 4.37. The molecule has 3 rings (SSSR count). The molecule has 0 spiro atoms. The Kier molecular flexibility index (Phi) is 9.61. The number of ether oxygens (including phenoxy) is 1. The van der Waals surface area contributed by atoms with Crippen molar-refractivity contribution in [1.29, 1.82) is 0 Å². The molecule has 6 nitrogen and oxygen atoms in total. The number of aliphatic imine (C=N–C) groups is 1. The SMILES string of the molecule is CN=C(NCCCOCC1CC1)NCc1cnn(Cc2ccccc2)c1.I. The van der Waals surface area contributed by atoms with Crippen LogP contribution in [-0.4, -0.2) is 42.5 Å². The van der Waals surface area contributed by atoms with E-state index < -0.39 is 0 Å². The van der Waals surface area contributed by atoms with Gasteiger partial charge < -0.3 is 15.4 Å². The lowest BCUT2D eigenvalue weighted by Crippen LogP contribution is -2.37. The number of hydrogen-bond donors (Lipinski definition) is 2. The zero-order chi connectivity index (χ0) is 18.0. The number of benzene rings is 1. The molecule has 0 amide bonds. The summed E-state index contributed by atoms with van der Waals surface area (Å²) in [5.41, 5.74) is 2.38. The average molecular weight is 483 g/mol. The Morgan fingerprint density at radius 2 is 2.04 bits per heavy atom. The van der Waals surface area contributed by atoms with Gasteiger partial charge in [0.05, 0.1) is 12.7 Å². The minimum absolute atomic E-state index is 0. The van der Waals surface area contributed by atoms with Crippen molar-refractivity contribution in [2.45, 2.75) is 32.4 Å². The van der Waals surface area contributed by atoms with Crippen molar-refractivity contribution in [2.24, 2.45) is 10.9 Å². The van der Waals surface area contributed by atoms with E-state index in [2.05, 4.69) is 39.1 Å². The van der Waals surface area contributed by atoms with E-state index in [-0.39, 0.29) is 24.0 Å². The fourth-order valence-corrected chi connectivity index (χ4v) is 2.68. The van der Waals surface area contributed by atoms with Crippen molar-refractivity contribution in [2.75, 3.05) is 26.8 Å². The lowest BCUT2D eigenvalue weighted by atomic mass is 10.2. The molecule has 1 aliphatic rings. The number of nitrogens with zero attached hydrogens (tertiary/aromatic N) is 3. The largest absolute Gasteiger partial charge is 0.381 e. The molecule has 1 aliphatic carbocycles. The van der Waals surface area contributed by atoms with Gasteiger partial charge in [-0.3, -0.25) is 9.67 Å². The Morgan fingerprint density at radius 3 is 2.78 bits per heavy atom. The molecule has 1 fully saturated rings. The molecule has 0 radical (unpaired) electrons. The van der Waals surface area contributed by atoms with Crippen LogP contribution in [0.3, 0.4) is 0 Å². The summed E-state index contributed by atoms with van der Waals surface area (Å²) in [6.45, 7) is 4.09. The van der Waals surface area contributed by atoms with Gasteiger partial charge in [0.1, 0.15) is 0 Å². The number of guanidine groups is 1. The van der Waals surface area contributed by atoms with Gasteiger partial charge in [-0.05, 0) is 30.7 Å². The van der Waals surface area contributed by atoms with E-state index in [0.717, 1.165) is 50.2 Å². The molecule has 2 aromatic rings. The predicted molar refractivity (Wildman–Crippen MR) is 120 cm³/mol. The van der Waals surface area contributed by atoms with Gasteiger partial charge in [0.25, 0.3) is 0 Å². The summed E-state index contributed by atoms with van der Waals surface area (Å²) in [6, 6.07) is 10.3. The summed E-state index contributed by atoms with van der Waals surface area (Å²) in [4.78, 5) is 4.26. The molecule has 0 bridgehead atoms. The van der Waals surface area contributed by atoms with Crippen LogP contribution in [-0.2, 0) is 17.8 Å². The summed E-state index contributed by atoms with van der Waals surface area (Å²) >= 11 is 0. The third kappa shape index (κ3) is 8.30. The van der Waals surface area contributed by atoms with Crippen molar-refractivity contribution in [1.82, 2.24) is 20.4 Å². The number of nitrogens with one attached hydrogen (secondary N) is 2. The van der Waals surface area contributed by atoms with E-state index in [0.29, 0.717) is 6.54 Å². The van der Waals surface area contributed by atoms with Crippen LogP contribution in [0, 0.1) is 5.92 Å². The highest BCUT2D eigenvalue weighted by Crippen LogP contribution is 2.28. The highest BCUT2D eigenvalue weighted by Gasteiger charge is 2.20. The van der Waals surface area contributed by atoms with Crippen LogP contribution >= 0.6 is 24.0 Å². The Labute approximate surface area is 178 Å². The first-order valence-corrected chi connectivity index (χ1v) is 9.41. The lowest BCUT2D eigenvalue weighted by Gasteiger charge is -2.11. The Bertz CT molecular complexity index is 685. The Morgan fingerprint density at radius 1 is 1.22 bits per heavy atom. The number of rotatable bonds is 10. The maximum Gasteiger partial charge on any atom is 0.191 e. The fourth-order valence-electron chi connectivity index (χ4n) is 2.68. The van der Waals surface area contributed by atoms with Gasteiger partial charge in [0.2, 0.25) is 0 Å². The molecular formula is C20H30IN5O. The van der Waals surface area contributed by atoms with Gasteiger partial charge in [-0.1, -0.05) is 30.3 Å². The van der Waals surface area contributed by atoms with E-state index >= 15 is 0 Å². The minimum Gasteiger partial charge on any atom is -0.381 e. The van der Waals surface area contributed by atoms with Gasteiger partial charge in [0, 0.05) is 45.1 Å². The second-order valence-corrected chi connectivity index (χ2v) is 6.76. The molecule has 1 aromatic carbocycles. The smallest absolute Gasteiger partial charge is 0.191 e. The molecule has 0 saturated heterocycles. The van der Waals surface area contributed by atoms with Crippen molar-refractivity contribution >= 4 is 29.9 Å². The molecule has 148 valence electrons. The van der Waals surface area contributed by atoms with Gasteiger partial charge in [-0.2, -0.15) is 5.10 Å². The standard InChI is InChI=1S/C20H29N5O.HI/c1-21-20(22-10-5-11-26-16-18-8-9-18)23-12-19-13-24-25(15-19)14-17-6-3-2-4-7-17;/h2-4,6-7,13,15,18H,5,8-12,14,16H2,1H3,(H2,21,22,23);1H. The zero-order valence-corrected chi connectivity index (χ0v) is 18.3. The average Bonchev–Trinajstić information content (AvgIpc) is 3.39. The maximum atomic E-state index is 5.64. The van der Waals surface area contributed by atoms with E-state index in [1.54, 1.807) is 7.05 Å². The van der Waals surface area contributed by atoms with Gasteiger partial charge in [0.15, 0.2) is 5.96 Å². The zero-order valence-electron chi connectivity index (χ0n) is 15.9. The van der Waals surface area contributed by atoms with E-state index in [4.69, 9.17) is 4.74 Å². The van der Waals surface area contributed by atoms with Crippen LogP contribution < -0.4 is 10.6 Å². The summed E-state index contributed by atoms with van der Waals surface area (Å²) < 4.78 is 7.60. The predicted octanol–water partition coefficient (Wildman–Crippen LogP) is 3.03. The van der Waals surface area contributed by atoms with Crippen LogP contribution in [0.4, 0.5) is 0 Å². The van der Waals surface area contributed by atoms with E-state index in [9.17, 15) is 0 Å². The number of aromatic nitrogens is 2. The highest BCUT2D eigenvalue weighted by atomic mass is 127.